The zero-order valence-electron chi connectivity index (χ0n) is 6.91. The van der Waals surface area contributed by atoms with Gasteiger partial charge >= 0.3 is 0 Å². The molecule has 0 fully saturated rings. The van der Waals surface area contributed by atoms with Crippen molar-refractivity contribution in [1.29, 1.82) is 0 Å². The second kappa shape index (κ2) is 7.78. The first-order valence-corrected chi connectivity index (χ1v) is 7.82. The van der Waals surface area contributed by atoms with Gasteiger partial charge in [-0.25, -0.2) is 17.6 Å². The predicted octanol–water partition coefficient (Wildman–Crippen LogP) is 1.39. The van der Waals surface area contributed by atoms with E-state index in [1.807, 2.05) is 0 Å². The third-order valence-corrected chi connectivity index (χ3v) is 4.28. The molecular weight excluding hydrogens is 204 g/mol. The number of halogens is 4. The Morgan fingerprint density at radius 3 is 1.33 bits per heavy atom. The minimum Gasteiger partial charge on any atom is -0.216 e. The van der Waals surface area contributed by atoms with E-state index in [9.17, 15) is 17.6 Å². The number of unbranched alkanes of at least 4 members (excludes halogenated alkanes) is 1. The third kappa shape index (κ3) is 10.2. The summed E-state index contributed by atoms with van der Waals surface area (Å²) < 4.78 is 46.5. The fourth-order valence-electron chi connectivity index (χ4n) is 0.951. The topological polar surface area (TPSA) is 0 Å². The van der Waals surface area contributed by atoms with Crippen LogP contribution in [0.4, 0.5) is 17.6 Å². The van der Waals surface area contributed by atoms with E-state index in [4.69, 9.17) is 0 Å². The normalized spacial score (nSPS) is 13.5. The Morgan fingerprint density at radius 2 is 1.08 bits per heavy atom. The van der Waals surface area contributed by atoms with Crippen molar-refractivity contribution in [3.63, 3.8) is 0 Å². The molecule has 0 radical (unpaired) electrons. The van der Waals surface area contributed by atoms with Crippen LogP contribution in [0.15, 0.2) is 0 Å². The Labute approximate surface area is 74.4 Å². The highest BCUT2D eigenvalue weighted by Gasteiger charge is 2.04. The molecule has 0 atom stereocenters. The molecule has 12 heavy (non-hydrogen) atoms. The number of rotatable bonds is 7. The summed E-state index contributed by atoms with van der Waals surface area (Å²) >= 11 is 0. The van der Waals surface area contributed by atoms with Gasteiger partial charge in [-0.05, 0) is 0 Å². The molecule has 74 valence electrons. The third-order valence-electron chi connectivity index (χ3n) is 1.59. The summed E-state index contributed by atoms with van der Waals surface area (Å²) in [5.41, 5.74) is 0. The van der Waals surface area contributed by atoms with Gasteiger partial charge in [-0.15, -0.1) is 0 Å². The molecule has 0 rings (SSSR count). The van der Waals surface area contributed by atoms with Crippen molar-refractivity contribution in [2.45, 2.75) is 37.0 Å². The maximum atomic E-state index is 11.6. The molecular formula is C6H14F4Si2. The number of hydrogen-bond acceptors (Lipinski definition) is 0. The fourth-order valence-corrected chi connectivity index (χ4v) is 2.85. The van der Waals surface area contributed by atoms with Crippen LogP contribution in [0.5, 0.6) is 0 Å². The van der Waals surface area contributed by atoms with Gasteiger partial charge in [-0.2, -0.15) is 0 Å². The van der Waals surface area contributed by atoms with E-state index < -0.39 is 31.1 Å². The van der Waals surface area contributed by atoms with Crippen LogP contribution in [0.2, 0.25) is 12.1 Å². The van der Waals surface area contributed by atoms with Crippen LogP contribution < -0.4 is 0 Å². The lowest BCUT2D eigenvalue weighted by atomic mass is 10.4. The van der Waals surface area contributed by atoms with Crippen molar-refractivity contribution in [2.75, 3.05) is 0 Å². The van der Waals surface area contributed by atoms with Crippen molar-refractivity contribution in [3.05, 3.63) is 0 Å². The second-order valence-electron chi connectivity index (χ2n) is 2.77. The lowest BCUT2D eigenvalue weighted by Crippen LogP contribution is -2.05. The van der Waals surface area contributed by atoms with Crippen LogP contribution in [-0.2, 0) is 0 Å². The van der Waals surface area contributed by atoms with Gasteiger partial charge in [0.25, 0.3) is 0 Å². The first-order chi connectivity index (χ1) is 5.63. The molecule has 0 aliphatic carbocycles. The van der Waals surface area contributed by atoms with Crippen LogP contribution >= 0.6 is 0 Å². The van der Waals surface area contributed by atoms with Gasteiger partial charge in [0.05, 0.1) is 0 Å². The van der Waals surface area contributed by atoms with Crippen LogP contribution in [0, 0.1) is 0 Å². The van der Waals surface area contributed by atoms with Crippen molar-refractivity contribution in [2.24, 2.45) is 0 Å². The molecule has 0 saturated heterocycles. The standard InChI is InChI=1S/C6H14F4Si2/c7-5(8)11-3-1-2-4-12-6(9)10/h5-6H,1-4,11-12H2. The molecule has 0 N–H and O–H groups in total. The van der Waals surface area contributed by atoms with E-state index in [1.54, 1.807) is 0 Å². The van der Waals surface area contributed by atoms with Gasteiger partial charge in [-0.3, -0.25) is 0 Å². The average molecular weight is 218 g/mol. The summed E-state index contributed by atoms with van der Waals surface area (Å²) in [7, 11) is -2.41. The highest BCUT2D eigenvalue weighted by Crippen LogP contribution is 2.04. The van der Waals surface area contributed by atoms with Gasteiger partial charge in [0, 0.05) is 0 Å². The molecule has 0 nitrogen and oxygen atoms in total. The van der Waals surface area contributed by atoms with Crippen LogP contribution in [0.25, 0.3) is 0 Å². The molecule has 0 aliphatic rings. The van der Waals surface area contributed by atoms with E-state index in [0.717, 1.165) is 12.8 Å². The summed E-state index contributed by atoms with van der Waals surface area (Å²) in [6.07, 6.45) is 1.46. The molecule has 0 saturated carbocycles. The van der Waals surface area contributed by atoms with E-state index in [-0.39, 0.29) is 0 Å². The van der Waals surface area contributed by atoms with Crippen molar-refractivity contribution in [1.82, 2.24) is 0 Å². The highest BCUT2D eigenvalue weighted by atomic mass is 28.2. The lowest BCUT2D eigenvalue weighted by molar-refractivity contribution is 0.236. The van der Waals surface area contributed by atoms with Crippen molar-refractivity contribution < 1.29 is 17.6 Å². The minimum absolute atomic E-state index is 0.606. The fraction of sp³-hybridized carbons (Fsp3) is 1.00. The molecule has 0 aromatic carbocycles. The van der Waals surface area contributed by atoms with E-state index in [1.165, 1.54) is 0 Å². The molecule has 0 heterocycles. The smallest absolute Gasteiger partial charge is 0.214 e. The summed E-state index contributed by atoms with van der Waals surface area (Å²) in [5, 5.41) is 0. The maximum absolute atomic E-state index is 11.6. The van der Waals surface area contributed by atoms with E-state index in [2.05, 4.69) is 0 Å². The first-order valence-electron chi connectivity index (χ1n) is 4.19. The monoisotopic (exact) mass is 218 g/mol. The highest BCUT2D eigenvalue weighted by molar-refractivity contribution is 6.37. The summed E-state index contributed by atoms with van der Waals surface area (Å²) in [5.74, 6) is 0. The number of alkyl halides is 4. The predicted molar refractivity (Wildman–Crippen MR) is 47.9 cm³/mol. The average Bonchev–Trinajstić information content (AvgIpc) is 1.95. The quantitative estimate of drug-likeness (QED) is 0.344. The molecule has 0 unspecified atom stereocenters. The Morgan fingerprint density at radius 1 is 0.750 bits per heavy atom. The Hall–Kier alpha value is 0.154. The molecule has 0 aromatic heterocycles. The Balaban J connectivity index is 2.91. The van der Waals surface area contributed by atoms with E-state index in [0.29, 0.717) is 12.1 Å². The molecule has 0 bridgehead atoms. The van der Waals surface area contributed by atoms with Gasteiger partial charge in [0.1, 0.15) is 19.0 Å². The Kier molecular flexibility index (Phi) is 7.88. The first kappa shape index (κ1) is 12.2. The van der Waals surface area contributed by atoms with Crippen LogP contribution in [0.1, 0.15) is 12.8 Å². The van der Waals surface area contributed by atoms with E-state index >= 15 is 0 Å². The summed E-state index contributed by atoms with van der Waals surface area (Å²) in [4.78, 5) is 0. The van der Waals surface area contributed by atoms with Crippen LogP contribution in [0.3, 0.4) is 0 Å². The largest absolute Gasteiger partial charge is 0.216 e. The lowest BCUT2D eigenvalue weighted by Gasteiger charge is -1.99. The van der Waals surface area contributed by atoms with Crippen LogP contribution in [-0.4, -0.2) is 31.1 Å². The second-order valence-corrected chi connectivity index (χ2v) is 6.58. The molecule has 0 spiro atoms. The zero-order valence-corrected chi connectivity index (χ0v) is 9.74. The van der Waals surface area contributed by atoms with Gasteiger partial charge in [0.2, 0.25) is 12.1 Å². The maximum Gasteiger partial charge on any atom is 0.214 e. The minimum atomic E-state index is -2.10. The van der Waals surface area contributed by atoms with Gasteiger partial charge in [0.15, 0.2) is 0 Å². The molecule has 0 aliphatic heterocycles. The molecule has 0 aromatic rings. The van der Waals surface area contributed by atoms with Crippen molar-refractivity contribution >= 4 is 19.0 Å². The molecule has 0 amide bonds. The van der Waals surface area contributed by atoms with Gasteiger partial charge in [-0.1, -0.05) is 24.9 Å². The van der Waals surface area contributed by atoms with Gasteiger partial charge < -0.3 is 0 Å². The molecule has 6 heteroatoms. The summed E-state index contributed by atoms with van der Waals surface area (Å²) in [6, 6.07) is -2.99. The SMILES string of the molecule is FC(F)[SiH2]CCCC[SiH2]C(F)F. The Bertz CT molecular complexity index is 87.5. The zero-order chi connectivity index (χ0) is 9.40. The van der Waals surface area contributed by atoms with Crippen molar-refractivity contribution in [3.8, 4) is 0 Å². The number of hydrogen-bond donors (Lipinski definition) is 0. The summed E-state index contributed by atoms with van der Waals surface area (Å²) in [6.45, 7) is 0.